The number of aromatic hydroxyl groups is 1. The summed E-state index contributed by atoms with van der Waals surface area (Å²) in [6, 6.07) is 13.5. The Morgan fingerprint density at radius 1 is 1.06 bits per heavy atom. The van der Waals surface area contributed by atoms with Crippen LogP contribution in [-0.4, -0.2) is 15.1 Å². The van der Waals surface area contributed by atoms with Crippen LogP contribution < -0.4 is 0 Å². The summed E-state index contributed by atoms with van der Waals surface area (Å²) < 4.78 is 0. The molecule has 0 atom stereocenters. The van der Waals surface area contributed by atoms with Crippen molar-refractivity contribution >= 4 is 10.9 Å². The van der Waals surface area contributed by atoms with Gasteiger partial charge in [-0.3, -0.25) is 4.98 Å². The van der Waals surface area contributed by atoms with Crippen LogP contribution in [0.25, 0.3) is 22.2 Å². The molecule has 0 aliphatic carbocycles. The van der Waals surface area contributed by atoms with Crippen LogP contribution in [0.1, 0.15) is 0 Å². The van der Waals surface area contributed by atoms with Crippen molar-refractivity contribution in [2.24, 2.45) is 0 Å². The van der Waals surface area contributed by atoms with E-state index in [1.165, 1.54) is 0 Å². The molecule has 0 radical (unpaired) electrons. The summed E-state index contributed by atoms with van der Waals surface area (Å²) in [7, 11) is 0. The topological polar surface area (TPSA) is 48.9 Å². The molecule has 0 amide bonds. The first kappa shape index (κ1) is 8.97. The molecular weight excluding hydrogens is 200 g/mol. The fraction of sp³-hybridized carbons (Fsp3) is 0. The molecule has 2 heterocycles. The molecule has 0 spiro atoms. The number of rotatable bonds is 1. The molecule has 0 unspecified atom stereocenters. The van der Waals surface area contributed by atoms with Crippen LogP contribution in [0.2, 0.25) is 0 Å². The number of hydrogen-bond acceptors (Lipinski definition) is 2. The predicted octanol–water partition coefficient (Wildman–Crippen LogP) is 2.94. The van der Waals surface area contributed by atoms with Crippen LogP contribution in [-0.2, 0) is 0 Å². The highest BCUT2D eigenvalue weighted by atomic mass is 16.3. The van der Waals surface area contributed by atoms with Gasteiger partial charge in [-0.25, -0.2) is 0 Å². The van der Waals surface area contributed by atoms with Gasteiger partial charge in [-0.05, 0) is 18.2 Å². The minimum Gasteiger partial charge on any atom is -0.495 e. The summed E-state index contributed by atoms with van der Waals surface area (Å²) in [5, 5.41) is 10.3. The van der Waals surface area contributed by atoms with E-state index in [0.29, 0.717) is 0 Å². The fourth-order valence-corrected chi connectivity index (χ4v) is 1.80. The van der Waals surface area contributed by atoms with Crippen molar-refractivity contribution in [2.45, 2.75) is 0 Å². The van der Waals surface area contributed by atoms with Crippen molar-refractivity contribution < 1.29 is 5.11 Å². The molecule has 2 aromatic heterocycles. The van der Waals surface area contributed by atoms with Gasteiger partial charge >= 0.3 is 0 Å². The van der Waals surface area contributed by atoms with Crippen molar-refractivity contribution in [3.05, 3.63) is 48.7 Å². The molecule has 0 fully saturated rings. The molecule has 0 aliphatic heterocycles. The fourth-order valence-electron chi connectivity index (χ4n) is 1.80. The smallest absolute Gasteiger partial charge is 0.189 e. The zero-order valence-electron chi connectivity index (χ0n) is 8.51. The quantitative estimate of drug-likeness (QED) is 0.648. The van der Waals surface area contributed by atoms with Crippen LogP contribution in [0.5, 0.6) is 5.88 Å². The van der Waals surface area contributed by atoms with Crippen molar-refractivity contribution in [3.8, 4) is 17.1 Å². The first-order chi connectivity index (χ1) is 7.83. The third kappa shape index (κ3) is 1.42. The molecule has 3 rings (SSSR count). The number of aromatic nitrogens is 2. The highest BCUT2D eigenvalue weighted by Crippen LogP contribution is 2.24. The van der Waals surface area contributed by atoms with E-state index in [4.69, 9.17) is 0 Å². The summed E-state index contributed by atoms with van der Waals surface area (Å²) in [6.45, 7) is 0. The lowest BCUT2D eigenvalue weighted by Gasteiger charge is -1.99. The minimum atomic E-state index is 0.188. The van der Waals surface area contributed by atoms with E-state index in [1.807, 2.05) is 36.4 Å². The van der Waals surface area contributed by atoms with Crippen LogP contribution in [0, 0.1) is 0 Å². The largest absolute Gasteiger partial charge is 0.495 e. The number of fused-ring (bicyclic) bond motifs is 1. The van der Waals surface area contributed by atoms with Crippen molar-refractivity contribution in [3.63, 3.8) is 0 Å². The van der Waals surface area contributed by atoms with E-state index >= 15 is 0 Å². The Morgan fingerprint density at radius 2 is 2.00 bits per heavy atom. The molecule has 3 nitrogen and oxygen atoms in total. The Kier molecular flexibility index (Phi) is 1.90. The number of H-pyrrole nitrogens is 1. The van der Waals surface area contributed by atoms with E-state index in [2.05, 4.69) is 9.97 Å². The standard InChI is InChI=1S/C13H10N2O/c16-13-8-10-5-4-9(7-12(10)15-13)11-3-1-2-6-14-11/h1-8,15-16H. The number of aromatic amines is 1. The van der Waals surface area contributed by atoms with Gasteiger partial charge in [-0.2, -0.15) is 0 Å². The second-order valence-electron chi connectivity index (χ2n) is 3.67. The lowest BCUT2D eigenvalue weighted by molar-refractivity contribution is 0.458. The molecule has 0 saturated carbocycles. The van der Waals surface area contributed by atoms with E-state index in [0.717, 1.165) is 22.2 Å². The first-order valence-corrected chi connectivity index (χ1v) is 5.06. The summed E-state index contributed by atoms with van der Waals surface area (Å²) >= 11 is 0. The Bertz CT molecular complexity index is 629. The lowest BCUT2D eigenvalue weighted by Crippen LogP contribution is -1.81. The summed E-state index contributed by atoms with van der Waals surface area (Å²) in [6.07, 6.45) is 1.77. The molecule has 3 aromatic rings. The van der Waals surface area contributed by atoms with Gasteiger partial charge in [0.25, 0.3) is 0 Å². The number of nitrogens with one attached hydrogen (secondary N) is 1. The first-order valence-electron chi connectivity index (χ1n) is 5.06. The zero-order chi connectivity index (χ0) is 11.0. The average Bonchev–Trinajstić information content (AvgIpc) is 2.69. The van der Waals surface area contributed by atoms with Gasteiger partial charge < -0.3 is 10.1 Å². The second kappa shape index (κ2) is 3.38. The van der Waals surface area contributed by atoms with E-state index in [1.54, 1.807) is 12.3 Å². The molecule has 0 aliphatic rings. The maximum atomic E-state index is 9.35. The molecule has 2 N–H and O–H groups in total. The van der Waals surface area contributed by atoms with Gasteiger partial charge in [0.05, 0.1) is 5.69 Å². The molecule has 0 bridgehead atoms. The SMILES string of the molecule is Oc1cc2ccc(-c3ccccn3)cc2[nH]1. The highest BCUT2D eigenvalue weighted by molar-refractivity contribution is 5.85. The Morgan fingerprint density at radius 3 is 2.81 bits per heavy atom. The van der Waals surface area contributed by atoms with Crippen molar-refractivity contribution in [1.82, 2.24) is 9.97 Å². The van der Waals surface area contributed by atoms with E-state index < -0.39 is 0 Å². The molecule has 0 saturated heterocycles. The van der Waals surface area contributed by atoms with Gasteiger partial charge in [-0.15, -0.1) is 0 Å². The predicted molar refractivity (Wildman–Crippen MR) is 63.2 cm³/mol. The summed E-state index contributed by atoms with van der Waals surface area (Å²) in [5.41, 5.74) is 2.88. The molecule has 3 heteroatoms. The molecule has 1 aromatic carbocycles. The highest BCUT2D eigenvalue weighted by Gasteiger charge is 2.02. The maximum Gasteiger partial charge on any atom is 0.189 e. The number of hydrogen-bond donors (Lipinski definition) is 2. The van der Waals surface area contributed by atoms with Gasteiger partial charge in [-0.1, -0.05) is 18.2 Å². The van der Waals surface area contributed by atoms with Crippen molar-refractivity contribution in [1.29, 1.82) is 0 Å². The molecule has 78 valence electrons. The number of benzene rings is 1. The maximum absolute atomic E-state index is 9.35. The van der Waals surface area contributed by atoms with Crippen LogP contribution in [0.3, 0.4) is 0 Å². The average molecular weight is 210 g/mol. The van der Waals surface area contributed by atoms with Crippen LogP contribution >= 0.6 is 0 Å². The van der Waals surface area contributed by atoms with Gasteiger partial charge in [0.2, 0.25) is 0 Å². The van der Waals surface area contributed by atoms with Crippen LogP contribution in [0.4, 0.5) is 0 Å². The summed E-state index contributed by atoms with van der Waals surface area (Å²) in [5.74, 6) is 0.188. The van der Waals surface area contributed by atoms with Crippen LogP contribution in [0.15, 0.2) is 48.7 Å². The molecular formula is C13H10N2O. The van der Waals surface area contributed by atoms with E-state index in [9.17, 15) is 5.11 Å². The second-order valence-corrected chi connectivity index (χ2v) is 3.67. The number of pyridine rings is 1. The Labute approximate surface area is 92.4 Å². The number of nitrogens with zero attached hydrogens (tertiary/aromatic N) is 1. The lowest BCUT2D eigenvalue weighted by atomic mass is 10.1. The van der Waals surface area contributed by atoms with E-state index in [-0.39, 0.29) is 5.88 Å². The minimum absolute atomic E-state index is 0.188. The summed E-state index contributed by atoms with van der Waals surface area (Å²) in [4.78, 5) is 7.18. The normalized spacial score (nSPS) is 10.8. The Balaban J connectivity index is 2.18. The third-order valence-corrected chi connectivity index (χ3v) is 2.57. The molecule has 16 heavy (non-hydrogen) atoms. The van der Waals surface area contributed by atoms with Gasteiger partial charge in [0.1, 0.15) is 0 Å². The zero-order valence-corrected chi connectivity index (χ0v) is 8.51. The van der Waals surface area contributed by atoms with Crippen molar-refractivity contribution in [2.75, 3.05) is 0 Å². The van der Waals surface area contributed by atoms with Gasteiger partial charge in [0.15, 0.2) is 5.88 Å². The third-order valence-electron chi connectivity index (χ3n) is 2.57. The Hall–Kier alpha value is -2.29. The monoisotopic (exact) mass is 210 g/mol. The van der Waals surface area contributed by atoms with Gasteiger partial charge in [0, 0.05) is 28.7 Å².